The standard InChI is InChI=1S/C10H5ClFN3O3/c11-8-4-5-9(14-13-8)18-10-6(12)2-1-3-7(10)15(16)17/h1-5H. The van der Waals surface area contributed by atoms with Crippen LogP contribution >= 0.6 is 11.6 Å². The van der Waals surface area contributed by atoms with Gasteiger partial charge in [-0.1, -0.05) is 17.7 Å². The van der Waals surface area contributed by atoms with Gasteiger partial charge in [-0.15, -0.1) is 10.2 Å². The maximum atomic E-state index is 13.5. The van der Waals surface area contributed by atoms with Crippen molar-refractivity contribution in [3.05, 3.63) is 51.4 Å². The minimum atomic E-state index is -0.860. The topological polar surface area (TPSA) is 78.2 Å². The number of halogens is 2. The normalized spacial score (nSPS) is 10.1. The molecular weight excluding hydrogens is 265 g/mol. The molecule has 0 spiro atoms. The van der Waals surface area contributed by atoms with Crippen LogP contribution in [0.15, 0.2) is 30.3 Å². The Morgan fingerprint density at radius 3 is 2.67 bits per heavy atom. The van der Waals surface area contributed by atoms with Crippen molar-refractivity contribution < 1.29 is 14.1 Å². The van der Waals surface area contributed by atoms with E-state index in [4.69, 9.17) is 16.3 Å². The van der Waals surface area contributed by atoms with Gasteiger partial charge < -0.3 is 4.74 Å². The van der Waals surface area contributed by atoms with Gasteiger partial charge in [-0.3, -0.25) is 10.1 Å². The highest BCUT2D eigenvalue weighted by atomic mass is 35.5. The number of nitrogens with zero attached hydrogens (tertiary/aromatic N) is 3. The fourth-order valence-electron chi connectivity index (χ4n) is 1.21. The fourth-order valence-corrected chi connectivity index (χ4v) is 1.31. The average Bonchev–Trinajstić information content (AvgIpc) is 2.34. The molecule has 8 heteroatoms. The molecule has 0 radical (unpaired) electrons. The molecule has 0 saturated heterocycles. The Morgan fingerprint density at radius 1 is 1.28 bits per heavy atom. The maximum Gasteiger partial charge on any atom is 0.314 e. The zero-order valence-electron chi connectivity index (χ0n) is 8.71. The first-order chi connectivity index (χ1) is 8.58. The summed E-state index contributed by atoms with van der Waals surface area (Å²) in [5, 5.41) is 17.8. The number of hydrogen-bond donors (Lipinski definition) is 0. The molecule has 0 bridgehead atoms. The minimum absolute atomic E-state index is 0.0902. The Bertz CT molecular complexity index is 591. The monoisotopic (exact) mass is 269 g/mol. The van der Waals surface area contributed by atoms with Crippen LogP contribution in [0, 0.1) is 15.9 Å². The number of hydrogen-bond acceptors (Lipinski definition) is 5. The zero-order valence-corrected chi connectivity index (χ0v) is 9.46. The lowest BCUT2D eigenvalue weighted by Gasteiger charge is -2.05. The summed E-state index contributed by atoms with van der Waals surface area (Å²) in [7, 11) is 0. The molecule has 0 amide bonds. The van der Waals surface area contributed by atoms with Crippen LogP contribution in [-0.2, 0) is 0 Å². The Hall–Kier alpha value is -2.28. The van der Waals surface area contributed by atoms with Gasteiger partial charge >= 0.3 is 5.69 Å². The third-order valence-corrected chi connectivity index (χ3v) is 2.16. The molecule has 0 aliphatic rings. The van der Waals surface area contributed by atoms with Crippen molar-refractivity contribution in [2.45, 2.75) is 0 Å². The number of para-hydroxylation sites is 1. The number of nitro groups is 1. The van der Waals surface area contributed by atoms with E-state index in [1.807, 2.05) is 0 Å². The van der Waals surface area contributed by atoms with Crippen LogP contribution in [0.4, 0.5) is 10.1 Å². The molecule has 0 atom stereocenters. The third kappa shape index (κ3) is 2.51. The highest BCUT2D eigenvalue weighted by molar-refractivity contribution is 6.29. The van der Waals surface area contributed by atoms with Gasteiger partial charge in [-0.25, -0.2) is 4.39 Å². The van der Waals surface area contributed by atoms with Gasteiger partial charge in [0.25, 0.3) is 0 Å². The maximum absolute atomic E-state index is 13.5. The second-order valence-electron chi connectivity index (χ2n) is 3.14. The summed E-state index contributed by atoms with van der Waals surface area (Å²) in [6, 6.07) is 6.09. The van der Waals surface area contributed by atoms with Crippen molar-refractivity contribution in [1.29, 1.82) is 0 Å². The van der Waals surface area contributed by atoms with Gasteiger partial charge in [0, 0.05) is 12.1 Å². The second kappa shape index (κ2) is 4.92. The summed E-state index contributed by atoms with van der Waals surface area (Å²) in [5.74, 6) is -1.47. The molecule has 1 aromatic carbocycles. The summed E-state index contributed by atoms with van der Waals surface area (Å²) >= 11 is 5.52. The van der Waals surface area contributed by atoms with Crippen LogP contribution in [-0.4, -0.2) is 15.1 Å². The van der Waals surface area contributed by atoms with E-state index in [-0.39, 0.29) is 11.0 Å². The van der Waals surface area contributed by atoms with Gasteiger partial charge in [0.05, 0.1) is 4.92 Å². The average molecular weight is 270 g/mol. The predicted octanol–water partition coefficient (Wildman–Crippen LogP) is 2.97. The summed E-state index contributed by atoms with van der Waals surface area (Å²) < 4.78 is 18.5. The predicted molar refractivity (Wildman–Crippen MR) is 60.2 cm³/mol. The summed E-state index contributed by atoms with van der Waals surface area (Å²) in [6.45, 7) is 0. The van der Waals surface area contributed by atoms with E-state index in [9.17, 15) is 14.5 Å². The van der Waals surface area contributed by atoms with Crippen molar-refractivity contribution >= 4 is 17.3 Å². The molecule has 0 N–H and O–H groups in total. The smallest absolute Gasteiger partial charge is 0.314 e. The van der Waals surface area contributed by atoms with Gasteiger partial charge in [-0.05, 0) is 12.1 Å². The quantitative estimate of drug-likeness (QED) is 0.632. The van der Waals surface area contributed by atoms with Crippen molar-refractivity contribution in [3.63, 3.8) is 0 Å². The highest BCUT2D eigenvalue weighted by Crippen LogP contribution is 2.32. The van der Waals surface area contributed by atoms with Crippen molar-refractivity contribution in [3.8, 4) is 11.6 Å². The Morgan fingerprint density at radius 2 is 2.06 bits per heavy atom. The van der Waals surface area contributed by atoms with Gasteiger partial charge in [0.15, 0.2) is 11.0 Å². The number of nitro benzene ring substituents is 1. The van der Waals surface area contributed by atoms with Crippen LogP contribution in [0.3, 0.4) is 0 Å². The van der Waals surface area contributed by atoms with E-state index < -0.39 is 22.2 Å². The Labute approximate surface area is 105 Å². The van der Waals surface area contributed by atoms with E-state index in [0.29, 0.717) is 0 Å². The van der Waals surface area contributed by atoms with Crippen LogP contribution in [0.2, 0.25) is 5.15 Å². The molecule has 1 heterocycles. The van der Waals surface area contributed by atoms with Crippen molar-refractivity contribution in [1.82, 2.24) is 10.2 Å². The summed E-state index contributed by atoms with van der Waals surface area (Å²) in [6.07, 6.45) is 0. The van der Waals surface area contributed by atoms with E-state index in [0.717, 1.165) is 12.1 Å². The molecule has 6 nitrogen and oxygen atoms in total. The van der Waals surface area contributed by atoms with Crippen molar-refractivity contribution in [2.75, 3.05) is 0 Å². The minimum Gasteiger partial charge on any atom is -0.427 e. The lowest BCUT2D eigenvalue weighted by molar-refractivity contribution is -0.385. The third-order valence-electron chi connectivity index (χ3n) is 1.96. The number of rotatable bonds is 3. The summed E-state index contributed by atoms with van der Waals surface area (Å²) in [5.41, 5.74) is -0.494. The van der Waals surface area contributed by atoms with Crippen LogP contribution in [0.5, 0.6) is 11.6 Å². The van der Waals surface area contributed by atoms with Crippen LogP contribution in [0.25, 0.3) is 0 Å². The zero-order chi connectivity index (χ0) is 13.1. The molecule has 0 aliphatic heterocycles. The van der Waals surface area contributed by atoms with Crippen LogP contribution in [0.1, 0.15) is 0 Å². The van der Waals surface area contributed by atoms with E-state index in [2.05, 4.69) is 10.2 Å². The first-order valence-electron chi connectivity index (χ1n) is 4.68. The number of ether oxygens (including phenoxy) is 1. The molecule has 0 unspecified atom stereocenters. The van der Waals surface area contributed by atoms with Gasteiger partial charge in [-0.2, -0.15) is 0 Å². The summed E-state index contributed by atoms with van der Waals surface area (Å²) in [4.78, 5) is 9.97. The van der Waals surface area contributed by atoms with E-state index >= 15 is 0 Å². The number of aromatic nitrogens is 2. The van der Waals surface area contributed by atoms with E-state index in [1.54, 1.807) is 0 Å². The second-order valence-corrected chi connectivity index (χ2v) is 3.53. The van der Waals surface area contributed by atoms with Crippen LogP contribution < -0.4 is 4.74 Å². The van der Waals surface area contributed by atoms with Gasteiger partial charge in [0.1, 0.15) is 0 Å². The van der Waals surface area contributed by atoms with Gasteiger partial charge in [0.2, 0.25) is 11.6 Å². The Kier molecular flexibility index (Phi) is 3.33. The molecule has 1 aromatic heterocycles. The molecule has 18 heavy (non-hydrogen) atoms. The number of benzene rings is 1. The highest BCUT2D eigenvalue weighted by Gasteiger charge is 2.20. The molecule has 2 aromatic rings. The lowest BCUT2D eigenvalue weighted by Crippen LogP contribution is -1.97. The molecule has 0 fully saturated rings. The molecule has 0 saturated carbocycles. The first-order valence-corrected chi connectivity index (χ1v) is 5.05. The largest absolute Gasteiger partial charge is 0.427 e. The molecule has 92 valence electrons. The van der Waals surface area contributed by atoms with E-state index in [1.165, 1.54) is 18.2 Å². The Balaban J connectivity index is 2.39. The fraction of sp³-hybridized carbons (Fsp3) is 0. The SMILES string of the molecule is O=[N+]([O-])c1cccc(F)c1Oc1ccc(Cl)nn1. The molecule has 2 rings (SSSR count). The first kappa shape index (κ1) is 12.2. The lowest BCUT2D eigenvalue weighted by atomic mass is 10.3. The van der Waals surface area contributed by atoms with Crippen molar-refractivity contribution in [2.24, 2.45) is 0 Å². The molecular formula is C10H5ClFN3O3. The molecule has 0 aliphatic carbocycles.